The first-order valence-corrected chi connectivity index (χ1v) is 8.39. The Morgan fingerprint density at radius 2 is 0.966 bits per heavy atom. The molecule has 0 saturated carbocycles. The monoisotopic (exact) mass is 429 g/mol. The second-order valence-electron chi connectivity index (χ2n) is 6.06. The molecular formula is C20H15FeN5O3. The van der Waals surface area contributed by atoms with E-state index in [4.69, 9.17) is 10.2 Å². The van der Waals surface area contributed by atoms with E-state index in [2.05, 4.69) is 49.2 Å². The molecule has 9 heteroatoms. The summed E-state index contributed by atoms with van der Waals surface area (Å²) in [6.45, 7) is 0. The Bertz CT molecular complexity index is 1070. The van der Waals surface area contributed by atoms with E-state index in [1.165, 1.54) is 0 Å². The van der Waals surface area contributed by atoms with Crippen molar-refractivity contribution in [1.29, 1.82) is 0 Å². The number of nitrogens with one attached hydrogen (secondary N) is 2. The molecule has 8 nitrogen and oxygen atoms in total. The van der Waals surface area contributed by atoms with E-state index in [0.29, 0.717) is 0 Å². The topological polar surface area (TPSA) is 116 Å². The SMILES string of the molecule is C1=Cc2cc3ccc(cc4nc(cc5ccc(cc1n2)[nH]5)C=C4)[nH]3.O=NOO.[Fe]. The van der Waals surface area contributed by atoms with Gasteiger partial charge in [-0.2, -0.15) is 10.2 Å². The van der Waals surface area contributed by atoms with E-state index in [0.717, 1.165) is 44.8 Å². The van der Waals surface area contributed by atoms with E-state index in [1.807, 2.05) is 48.6 Å². The minimum absolute atomic E-state index is 0. The molecule has 5 heterocycles. The van der Waals surface area contributed by atoms with Gasteiger partial charge in [-0.25, -0.2) is 9.97 Å². The first kappa shape index (κ1) is 20.2. The van der Waals surface area contributed by atoms with Crippen LogP contribution in [0.4, 0.5) is 0 Å². The van der Waals surface area contributed by atoms with Crippen molar-refractivity contribution in [2.24, 2.45) is 5.34 Å². The van der Waals surface area contributed by atoms with Crippen LogP contribution in [0.3, 0.4) is 0 Å². The van der Waals surface area contributed by atoms with Crippen molar-refractivity contribution >= 4 is 46.4 Å². The van der Waals surface area contributed by atoms with Gasteiger partial charge >= 0.3 is 0 Å². The maximum Gasteiger partial charge on any atom is 0.190 e. The Labute approximate surface area is 175 Å². The fraction of sp³-hybridized carbons (Fsp3) is 0. The van der Waals surface area contributed by atoms with Gasteiger partial charge in [0.2, 0.25) is 0 Å². The van der Waals surface area contributed by atoms with Crippen molar-refractivity contribution in [3.8, 4) is 0 Å². The standard InChI is InChI=1S/C20H14N4.Fe.HNO3/c1-2-14-10-16-5-6-18(23-16)12-20-8-7-19(24-20)11-17-4-3-15(22-17)9-13(1)21-14;;2-1-4-3/h1-12,21,24H;;3H. The fourth-order valence-corrected chi connectivity index (χ4v) is 2.94. The van der Waals surface area contributed by atoms with E-state index >= 15 is 0 Å². The van der Waals surface area contributed by atoms with Crippen LogP contribution in [0.15, 0.2) is 53.9 Å². The van der Waals surface area contributed by atoms with Gasteiger partial charge in [0.05, 0.1) is 22.8 Å². The molecule has 2 aliphatic heterocycles. The molecule has 0 radical (unpaired) electrons. The van der Waals surface area contributed by atoms with Gasteiger partial charge in [-0.3, -0.25) is 0 Å². The van der Waals surface area contributed by atoms with Gasteiger partial charge in [0, 0.05) is 39.1 Å². The van der Waals surface area contributed by atoms with Gasteiger partial charge in [-0.05, 0) is 72.8 Å². The summed E-state index contributed by atoms with van der Waals surface area (Å²) in [6.07, 6.45) is 8.09. The third kappa shape index (κ3) is 5.05. The van der Waals surface area contributed by atoms with E-state index in [1.54, 1.807) is 5.34 Å². The summed E-state index contributed by atoms with van der Waals surface area (Å²) in [4.78, 5) is 27.1. The molecule has 0 unspecified atom stereocenters. The van der Waals surface area contributed by atoms with Gasteiger partial charge in [0.25, 0.3) is 0 Å². The van der Waals surface area contributed by atoms with E-state index in [9.17, 15) is 0 Å². The van der Waals surface area contributed by atoms with Crippen molar-refractivity contribution in [3.63, 3.8) is 0 Å². The van der Waals surface area contributed by atoms with Crippen LogP contribution < -0.4 is 0 Å². The average molecular weight is 429 g/mol. The number of rotatable bonds is 1. The third-order valence-corrected chi connectivity index (χ3v) is 4.08. The fourth-order valence-electron chi connectivity index (χ4n) is 2.94. The van der Waals surface area contributed by atoms with Crippen molar-refractivity contribution < 1.29 is 27.3 Å². The summed E-state index contributed by atoms with van der Waals surface area (Å²) in [5.74, 6) is 0. The first-order valence-electron chi connectivity index (χ1n) is 8.39. The average Bonchev–Trinajstić information content (AvgIpc) is 3.47. The number of hydrogen-bond donors (Lipinski definition) is 3. The van der Waals surface area contributed by atoms with E-state index in [-0.39, 0.29) is 17.1 Å². The maximum atomic E-state index is 8.45. The molecule has 0 saturated heterocycles. The van der Waals surface area contributed by atoms with E-state index < -0.39 is 0 Å². The number of fused-ring (bicyclic) bond motifs is 8. The van der Waals surface area contributed by atoms with Crippen molar-refractivity contribution in [2.45, 2.75) is 0 Å². The molecular weight excluding hydrogens is 414 g/mol. The summed E-state index contributed by atoms with van der Waals surface area (Å²) in [6, 6.07) is 16.4. The minimum Gasteiger partial charge on any atom is -0.355 e. The zero-order chi connectivity index (χ0) is 19.3. The van der Waals surface area contributed by atoms with Crippen LogP contribution in [0.25, 0.3) is 46.4 Å². The molecule has 146 valence electrons. The predicted molar refractivity (Wildman–Crippen MR) is 108 cm³/mol. The van der Waals surface area contributed by atoms with Crippen LogP contribution in [0.2, 0.25) is 0 Å². The molecule has 0 aliphatic carbocycles. The molecule has 0 amide bonds. The second-order valence-corrected chi connectivity index (χ2v) is 6.06. The molecule has 0 fully saturated rings. The summed E-state index contributed by atoms with van der Waals surface area (Å²) in [5.41, 5.74) is 7.86. The molecule has 0 spiro atoms. The van der Waals surface area contributed by atoms with Crippen LogP contribution >= 0.6 is 0 Å². The molecule has 0 aromatic carbocycles. The normalized spacial score (nSPS) is 11.2. The molecule has 2 aliphatic rings. The van der Waals surface area contributed by atoms with Gasteiger partial charge in [0.15, 0.2) is 5.34 Å². The van der Waals surface area contributed by atoms with Crippen molar-refractivity contribution in [2.75, 3.05) is 0 Å². The predicted octanol–water partition coefficient (Wildman–Crippen LogP) is 4.81. The third-order valence-electron chi connectivity index (χ3n) is 4.08. The van der Waals surface area contributed by atoms with Gasteiger partial charge in [-0.15, -0.1) is 4.91 Å². The Hall–Kier alpha value is -3.52. The molecule has 3 aromatic heterocycles. The molecule has 5 rings (SSSR count). The van der Waals surface area contributed by atoms with Crippen LogP contribution in [0, 0.1) is 4.91 Å². The molecule has 0 atom stereocenters. The zero-order valence-corrected chi connectivity index (χ0v) is 16.0. The van der Waals surface area contributed by atoms with Crippen molar-refractivity contribution in [3.05, 3.63) is 76.2 Å². The summed E-state index contributed by atoms with van der Waals surface area (Å²) in [7, 11) is 0. The van der Waals surface area contributed by atoms with Crippen LogP contribution in [-0.2, 0) is 22.1 Å². The Kier molecular flexibility index (Phi) is 6.35. The number of aromatic nitrogens is 4. The zero-order valence-electron chi connectivity index (χ0n) is 14.9. The van der Waals surface area contributed by atoms with Gasteiger partial charge in [0.1, 0.15) is 0 Å². The quantitative estimate of drug-likeness (QED) is 0.153. The Morgan fingerprint density at radius 1 is 0.690 bits per heavy atom. The summed E-state index contributed by atoms with van der Waals surface area (Å²) < 4.78 is 0. The van der Waals surface area contributed by atoms with Crippen LogP contribution in [0.5, 0.6) is 0 Å². The maximum absolute atomic E-state index is 8.45. The number of hydrogen-bond acceptors (Lipinski definition) is 6. The summed E-state index contributed by atoms with van der Waals surface area (Å²) in [5, 5.41) is 8.44. The minimum atomic E-state index is 0. The smallest absolute Gasteiger partial charge is 0.190 e. The van der Waals surface area contributed by atoms with Gasteiger partial charge < -0.3 is 9.97 Å². The Balaban J connectivity index is 0.000000443. The molecule has 8 bridgehead atoms. The number of nitrogens with zero attached hydrogens (tertiary/aromatic N) is 3. The van der Waals surface area contributed by atoms with Gasteiger partial charge in [-0.1, -0.05) is 0 Å². The molecule has 3 N–H and O–H groups in total. The summed E-state index contributed by atoms with van der Waals surface area (Å²) >= 11 is 0. The number of H-pyrrole nitrogens is 2. The first-order chi connectivity index (χ1) is 13.7. The Morgan fingerprint density at radius 3 is 1.21 bits per heavy atom. The second kappa shape index (κ2) is 9.11. The molecule has 29 heavy (non-hydrogen) atoms. The van der Waals surface area contributed by atoms with Crippen LogP contribution in [0.1, 0.15) is 22.8 Å². The largest absolute Gasteiger partial charge is 0.355 e. The van der Waals surface area contributed by atoms with Crippen LogP contribution in [-0.4, -0.2) is 25.2 Å². The number of aromatic amines is 2. The van der Waals surface area contributed by atoms with Crippen molar-refractivity contribution in [1.82, 2.24) is 19.9 Å². The molecule has 3 aromatic rings.